The van der Waals surface area contributed by atoms with E-state index in [1.807, 2.05) is 35.3 Å². The summed E-state index contributed by atoms with van der Waals surface area (Å²) in [5.74, 6) is 0. The maximum atomic E-state index is 2.17. The lowest BCUT2D eigenvalue weighted by atomic mass is 10.8. The Balaban J connectivity index is 2.79. The fraction of sp³-hybridized carbons (Fsp3) is 0.333. The molecule has 0 aromatic heterocycles. The van der Waals surface area contributed by atoms with Crippen LogP contribution in [0.5, 0.6) is 0 Å². The Bertz CT molecular complexity index is 194. The molecule has 3 heteroatoms. The van der Waals surface area contributed by atoms with Crippen molar-refractivity contribution in [2.24, 2.45) is 0 Å². The highest BCUT2D eigenvalue weighted by Crippen LogP contribution is 2.54. The molecule has 1 saturated heterocycles. The van der Waals surface area contributed by atoms with E-state index in [0.29, 0.717) is 0 Å². The molecular formula is C9H12S3. The third kappa shape index (κ3) is 2.64. The first-order chi connectivity index (χ1) is 5.80. The number of rotatable bonds is 0. The van der Waals surface area contributed by atoms with Gasteiger partial charge in [0.1, 0.15) is 0 Å². The van der Waals surface area contributed by atoms with E-state index < -0.39 is 0 Å². The summed E-state index contributed by atoms with van der Waals surface area (Å²) in [6.07, 6.45) is 6.51. The molecule has 0 saturated carbocycles. The van der Waals surface area contributed by atoms with Crippen molar-refractivity contribution >= 4 is 35.3 Å². The zero-order valence-corrected chi connectivity index (χ0v) is 9.91. The monoisotopic (exact) mass is 216 g/mol. The van der Waals surface area contributed by atoms with Gasteiger partial charge in [-0.1, -0.05) is 53.5 Å². The molecule has 0 radical (unpaired) electrons. The van der Waals surface area contributed by atoms with E-state index >= 15 is 0 Å². The number of hydrogen-bond donors (Lipinski definition) is 0. The van der Waals surface area contributed by atoms with Gasteiger partial charge in [0.05, 0.1) is 0 Å². The first kappa shape index (κ1) is 10.4. The molecule has 0 N–H and O–H groups in total. The smallest absolute Gasteiger partial charge is 0.0466 e. The lowest BCUT2D eigenvalue weighted by Gasteiger charge is -2.17. The number of thioether (sulfide) groups is 3. The molecule has 1 fully saturated rings. The normalized spacial score (nSPS) is 17.8. The van der Waals surface area contributed by atoms with E-state index in [4.69, 9.17) is 0 Å². The van der Waals surface area contributed by atoms with Gasteiger partial charge in [-0.3, -0.25) is 0 Å². The van der Waals surface area contributed by atoms with Gasteiger partial charge in [-0.15, -0.1) is 0 Å². The van der Waals surface area contributed by atoms with E-state index in [2.05, 4.69) is 39.0 Å². The van der Waals surface area contributed by atoms with Crippen LogP contribution in [0.25, 0.3) is 0 Å². The highest BCUT2D eigenvalue weighted by molar-refractivity contribution is 8.43. The molecule has 0 aromatic rings. The standard InChI is InChI=1S/C9H12S3/c1-4-7-10-8(5-2)12-9(6-3)11-7/h4-6H,1-3H3. The van der Waals surface area contributed by atoms with Gasteiger partial charge in [0.2, 0.25) is 0 Å². The fourth-order valence-electron chi connectivity index (χ4n) is 0.713. The van der Waals surface area contributed by atoms with Crippen molar-refractivity contribution < 1.29 is 0 Å². The Morgan fingerprint density at radius 2 is 0.917 bits per heavy atom. The molecule has 1 aliphatic heterocycles. The summed E-state index contributed by atoms with van der Waals surface area (Å²) >= 11 is 5.57. The molecular weight excluding hydrogens is 204 g/mol. The minimum Gasteiger partial charge on any atom is -0.0760 e. The topological polar surface area (TPSA) is 0 Å². The SMILES string of the molecule is CC=C1SC(=CC)SC(=CC)S1. The molecule has 12 heavy (non-hydrogen) atoms. The predicted octanol–water partition coefficient (Wildman–Crippen LogP) is 4.78. The summed E-state index contributed by atoms with van der Waals surface area (Å²) in [6, 6.07) is 0. The van der Waals surface area contributed by atoms with Gasteiger partial charge in [0, 0.05) is 12.7 Å². The van der Waals surface area contributed by atoms with Crippen LogP contribution >= 0.6 is 35.3 Å². The number of allylic oxidation sites excluding steroid dienone is 3. The minimum absolute atomic E-state index is 1.38. The Kier molecular flexibility index (Phi) is 4.40. The molecule has 0 bridgehead atoms. The summed E-state index contributed by atoms with van der Waals surface area (Å²) in [7, 11) is 0. The van der Waals surface area contributed by atoms with Crippen LogP contribution < -0.4 is 0 Å². The minimum atomic E-state index is 1.38. The molecule has 0 aliphatic carbocycles. The van der Waals surface area contributed by atoms with Crippen molar-refractivity contribution in [3.05, 3.63) is 30.9 Å². The second-order valence-corrected chi connectivity index (χ2v) is 6.16. The Hall–Kier alpha value is 0.270. The van der Waals surface area contributed by atoms with Gasteiger partial charge in [-0.05, 0) is 20.8 Å². The average molecular weight is 216 g/mol. The van der Waals surface area contributed by atoms with Crippen molar-refractivity contribution in [1.29, 1.82) is 0 Å². The summed E-state index contributed by atoms with van der Waals surface area (Å²) in [6.45, 7) is 6.27. The first-order valence-electron chi connectivity index (χ1n) is 3.82. The molecule has 1 rings (SSSR count). The summed E-state index contributed by atoms with van der Waals surface area (Å²) in [4.78, 5) is 0. The van der Waals surface area contributed by atoms with Gasteiger partial charge < -0.3 is 0 Å². The molecule has 0 aromatic carbocycles. The van der Waals surface area contributed by atoms with Crippen LogP contribution in [-0.4, -0.2) is 0 Å². The van der Waals surface area contributed by atoms with E-state index in [0.717, 1.165) is 0 Å². The molecule has 0 amide bonds. The van der Waals surface area contributed by atoms with Gasteiger partial charge in [-0.25, -0.2) is 0 Å². The first-order valence-corrected chi connectivity index (χ1v) is 6.27. The third-order valence-electron chi connectivity index (χ3n) is 1.31. The van der Waals surface area contributed by atoms with Crippen molar-refractivity contribution in [3.8, 4) is 0 Å². The molecule has 0 nitrogen and oxygen atoms in total. The Morgan fingerprint density at radius 3 is 1.08 bits per heavy atom. The van der Waals surface area contributed by atoms with E-state index in [1.165, 1.54) is 12.7 Å². The lowest BCUT2D eigenvalue weighted by Crippen LogP contribution is -1.81. The second-order valence-electron chi connectivity index (χ2n) is 2.13. The molecule has 1 aliphatic rings. The van der Waals surface area contributed by atoms with Gasteiger partial charge >= 0.3 is 0 Å². The maximum absolute atomic E-state index is 2.17. The van der Waals surface area contributed by atoms with Crippen LogP contribution in [0, 0.1) is 0 Å². The van der Waals surface area contributed by atoms with Crippen LogP contribution in [0.3, 0.4) is 0 Å². The summed E-state index contributed by atoms with van der Waals surface area (Å²) < 4.78 is 4.15. The van der Waals surface area contributed by atoms with Gasteiger partial charge in [0.25, 0.3) is 0 Å². The molecule has 1 heterocycles. The lowest BCUT2D eigenvalue weighted by molar-refractivity contribution is 1.74. The van der Waals surface area contributed by atoms with Crippen LogP contribution in [0.2, 0.25) is 0 Å². The molecule has 0 spiro atoms. The Labute approximate surface area is 87.0 Å². The maximum Gasteiger partial charge on any atom is 0.0466 e. The van der Waals surface area contributed by atoms with Crippen LogP contribution in [0.15, 0.2) is 30.9 Å². The predicted molar refractivity (Wildman–Crippen MR) is 64.0 cm³/mol. The van der Waals surface area contributed by atoms with E-state index in [1.54, 1.807) is 0 Å². The summed E-state index contributed by atoms with van der Waals surface area (Å²) in [5.41, 5.74) is 0. The molecule has 66 valence electrons. The quantitative estimate of drug-likeness (QED) is 0.572. The Morgan fingerprint density at radius 1 is 0.667 bits per heavy atom. The highest BCUT2D eigenvalue weighted by Gasteiger charge is 2.14. The largest absolute Gasteiger partial charge is 0.0760 e. The van der Waals surface area contributed by atoms with Crippen molar-refractivity contribution in [2.45, 2.75) is 20.8 Å². The molecule has 0 unspecified atom stereocenters. The van der Waals surface area contributed by atoms with E-state index in [-0.39, 0.29) is 0 Å². The highest BCUT2D eigenvalue weighted by atomic mass is 32.3. The second kappa shape index (κ2) is 5.10. The van der Waals surface area contributed by atoms with Crippen LogP contribution in [0.1, 0.15) is 20.8 Å². The van der Waals surface area contributed by atoms with E-state index in [9.17, 15) is 0 Å². The van der Waals surface area contributed by atoms with Crippen molar-refractivity contribution in [2.75, 3.05) is 0 Å². The van der Waals surface area contributed by atoms with Gasteiger partial charge in [-0.2, -0.15) is 0 Å². The fourth-order valence-corrected chi connectivity index (χ4v) is 4.61. The molecule has 0 atom stereocenters. The number of hydrogen-bond acceptors (Lipinski definition) is 3. The van der Waals surface area contributed by atoms with Crippen LogP contribution in [0.4, 0.5) is 0 Å². The average Bonchev–Trinajstić information content (AvgIpc) is 2.16. The van der Waals surface area contributed by atoms with Crippen LogP contribution in [-0.2, 0) is 0 Å². The summed E-state index contributed by atoms with van der Waals surface area (Å²) in [5, 5.41) is 0. The van der Waals surface area contributed by atoms with Gasteiger partial charge in [0.15, 0.2) is 0 Å². The van der Waals surface area contributed by atoms with Crippen molar-refractivity contribution in [3.63, 3.8) is 0 Å². The third-order valence-corrected chi connectivity index (χ3v) is 5.43. The zero-order chi connectivity index (χ0) is 8.97. The van der Waals surface area contributed by atoms with Crippen molar-refractivity contribution in [1.82, 2.24) is 0 Å². The zero-order valence-electron chi connectivity index (χ0n) is 7.46.